The van der Waals surface area contributed by atoms with Gasteiger partial charge in [0.25, 0.3) is 0 Å². The minimum Gasteiger partial charge on any atom is -0.444 e. The molecular weight excluding hydrogens is 278 g/mol. The van der Waals surface area contributed by atoms with E-state index in [0.717, 1.165) is 13.0 Å². The van der Waals surface area contributed by atoms with E-state index in [2.05, 4.69) is 28.2 Å². The van der Waals surface area contributed by atoms with Crippen molar-refractivity contribution in [2.75, 3.05) is 13.1 Å². The number of ether oxygens (including phenoxy) is 1. The van der Waals surface area contributed by atoms with Crippen molar-refractivity contribution < 1.29 is 9.53 Å². The minimum absolute atomic E-state index is 0.328. The van der Waals surface area contributed by atoms with Crippen molar-refractivity contribution in [2.45, 2.75) is 64.6 Å². The number of hydrogen-bond acceptors (Lipinski definition) is 3. The van der Waals surface area contributed by atoms with Gasteiger partial charge in [0.05, 0.1) is 0 Å². The maximum absolute atomic E-state index is 11.8. The summed E-state index contributed by atoms with van der Waals surface area (Å²) in [5.41, 5.74) is 0.776. The molecule has 2 N–H and O–H groups in total. The van der Waals surface area contributed by atoms with Crippen LogP contribution in [0.5, 0.6) is 0 Å². The molecular formula is C17H29N3O2. The normalized spacial score (nSPS) is 21.4. The second-order valence-corrected chi connectivity index (χ2v) is 7.07. The molecule has 0 aromatic carbocycles. The van der Waals surface area contributed by atoms with E-state index in [9.17, 15) is 4.79 Å². The Hall–Kier alpha value is -1.49. The zero-order chi connectivity index (χ0) is 16.2. The second kappa shape index (κ2) is 7.18. The molecule has 124 valence electrons. The van der Waals surface area contributed by atoms with Crippen LogP contribution >= 0.6 is 0 Å². The summed E-state index contributed by atoms with van der Waals surface area (Å²) in [6, 6.07) is 4.85. The average Bonchev–Trinajstić information content (AvgIpc) is 2.97. The highest BCUT2D eigenvalue weighted by Gasteiger charge is 2.28. The minimum atomic E-state index is -0.451. The lowest BCUT2D eigenvalue weighted by molar-refractivity contribution is 0.0470. The summed E-state index contributed by atoms with van der Waals surface area (Å²) in [5.74, 6) is 0. The Balaban J connectivity index is 1.91. The second-order valence-electron chi connectivity index (χ2n) is 7.07. The van der Waals surface area contributed by atoms with E-state index in [-0.39, 0.29) is 6.09 Å². The van der Waals surface area contributed by atoms with E-state index in [0.29, 0.717) is 18.6 Å². The molecule has 5 heteroatoms. The molecule has 1 amide bonds. The van der Waals surface area contributed by atoms with Gasteiger partial charge in [0.15, 0.2) is 0 Å². The lowest BCUT2D eigenvalue weighted by atomic mass is 9.99. The molecule has 1 aliphatic rings. The van der Waals surface area contributed by atoms with Crippen LogP contribution in [0.2, 0.25) is 0 Å². The summed E-state index contributed by atoms with van der Waals surface area (Å²) in [5, 5.41) is 2.93. The molecule has 1 aliphatic heterocycles. The van der Waals surface area contributed by atoms with Crippen LogP contribution in [0.1, 0.15) is 58.7 Å². The number of hydrogen-bond donors (Lipinski definition) is 2. The molecule has 0 bridgehead atoms. The maximum atomic E-state index is 11.8. The molecule has 2 rings (SSSR count). The number of aromatic nitrogens is 1. The van der Waals surface area contributed by atoms with Gasteiger partial charge in [0.2, 0.25) is 0 Å². The largest absolute Gasteiger partial charge is 0.444 e. The van der Waals surface area contributed by atoms with E-state index in [4.69, 9.17) is 4.74 Å². The lowest BCUT2D eigenvalue weighted by Gasteiger charge is -2.39. The number of likely N-dealkylation sites (tertiary alicyclic amines) is 1. The predicted molar refractivity (Wildman–Crippen MR) is 87.8 cm³/mol. The number of carbonyl (C=O) groups is 1. The molecule has 0 unspecified atom stereocenters. The molecule has 22 heavy (non-hydrogen) atoms. The summed E-state index contributed by atoms with van der Waals surface area (Å²) < 4.78 is 5.32. The number of nitrogens with one attached hydrogen (secondary N) is 2. The molecule has 2 atom stereocenters. The molecule has 0 spiro atoms. The highest BCUT2D eigenvalue weighted by Crippen LogP contribution is 2.27. The van der Waals surface area contributed by atoms with Crippen LogP contribution in [0.15, 0.2) is 18.3 Å². The van der Waals surface area contributed by atoms with Crippen molar-refractivity contribution in [3.05, 3.63) is 24.0 Å². The Labute approximate surface area is 133 Å². The molecule has 1 aromatic rings. The topological polar surface area (TPSA) is 57.4 Å². The summed E-state index contributed by atoms with van der Waals surface area (Å²) >= 11 is 0. The summed E-state index contributed by atoms with van der Waals surface area (Å²) in [7, 11) is 0. The fourth-order valence-electron chi connectivity index (χ4n) is 3.05. The average molecular weight is 307 g/mol. The first-order valence-electron chi connectivity index (χ1n) is 8.23. The van der Waals surface area contributed by atoms with Gasteiger partial charge < -0.3 is 15.0 Å². The standard InChI is InChI=1S/C17H29N3O2/c1-13(15-9-7-10-18-15)20-11-6-5-8-14(20)12-19-16(21)22-17(2,3)4/h7,9-10,13-14,18H,5-6,8,11-12H2,1-4H3,(H,19,21)/t13-,14+/m1/s1. The van der Waals surface area contributed by atoms with E-state index >= 15 is 0 Å². The smallest absolute Gasteiger partial charge is 0.407 e. The molecule has 2 heterocycles. The fraction of sp³-hybridized carbons (Fsp3) is 0.706. The molecule has 0 saturated carbocycles. The molecule has 0 aliphatic carbocycles. The van der Waals surface area contributed by atoms with Gasteiger partial charge in [-0.3, -0.25) is 4.90 Å². The molecule has 1 aromatic heterocycles. The lowest BCUT2D eigenvalue weighted by Crippen LogP contribution is -2.48. The van der Waals surface area contributed by atoms with Gasteiger partial charge in [0, 0.05) is 30.5 Å². The number of alkyl carbamates (subject to hydrolysis) is 1. The Morgan fingerprint density at radius 1 is 1.50 bits per heavy atom. The Morgan fingerprint density at radius 2 is 2.27 bits per heavy atom. The Bertz CT molecular complexity index is 465. The first-order chi connectivity index (χ1) is 10.4. The van der Waals surface area contributed by atoms with Crippen LogP contribution < -0.4 is 5.32 Å². The highest BCUT2D eigenvalue weighted by atomic mass is 16.6. The summed E-state index contributed by atoms with van der Waals surface area (Å²) in [6.07, 6.45) is 5.18. The van der Waals surface area contributed by atoms with Crippen molar-refractivity contribution in [1.82, 2.24) is 15.2 Å². The van der Waals surface area contributed by atoms with Crippen LogP contribution in [-0.4, -0.2) is 40.7 Å². The van der Waals surface area contributed by atoms with Crippen molar-refractivity contribution >= 4 is 6.09 Å². The monoisotopic (exact) mass is 307 g/mol. The van der Waals surface area contributed by atoms with E-state index in [1.807, 2.05) is 33.0 Å². The number of piperidine rings is 1. The molecule has 0 radical (unpaired) electrons. The Morgan fingerprint density at radius 3 is 2.91 bits per heavy atom. The number of H-pyrrole nitrogens is 1. The quantitative estimate of drug-likeness (QED) is 0.895. The molecule has 5 nitrogen and oxygen atoms in total. The maximum Gasteiger partial charge on any atom is 0.407 e. The van der Waals surface area contributed by atoms with Gasteiger partial charge in [-0.05, 0) is 59.2 Å². The first-order valence-corrected chi connectivity index (χ1v) is 8.23. The zero-order valence-corrected chi connectivity index (χ0v) is 14.2. The molecule has 1 fully saturated rings. The van der Waals surface area contributed by atoms with Crippen molar-refractivity contribution in [1.29, 1.82) is 0 Å². The first kappa shape index (κ1) is 16.9. The van der Waals surface area contributed by atoms with Gasteiger partial charge >= 0.3 is 6.09 Å². The summed E-state index contributed by atoms with van der Waals surface area (Å²) in [6.45, 7) is 9.57. The van der Waals surface area contributed by atoms with Gasteiger partial charge in [-0.25, -0.2) is 4.79 Å². The third-order valence-corrected chi connectivity index (χ3v) is 4.12. The predicted octanol–water partition coefficient (Wildman–Crippen LogP) is 3.45. The third kappa shape index (κ3) is 4.77. The van der Waals surface area contributed by atoms with Crippen molar-refractivity contribution in [2.24, 2.45) is 0 Å². The van der Waals surface area contributed by atoms with Crippen LogP contribution in [0.4, 0.5) is 4.79 Å². The zero-order valence-electron chi connectivity index (χ0n) is 14.2. The van der Waals surface area contributed by atoms with E-state index in [1.165, 1.54) is 18.5 Å². The van der Waals surface area contributed by atoms with Crippen LogP contribution in [0, 0.1) is 0 Å². The number of carbonyl (C=O) groups excluding carboxylic acids is 1. The SMILES string of the molecule is C[C@H](c1ccc[nH]1)N1CCCC[C@H]1CNC(=O)OC(C)(C)C. The number of amides is 1. The third-order valence-electron chi connectivity index (χ3n) is 4.12. The van der Waals surface area contributed by atoms with Crippen LogP contribution in [0.3, 0.4) is 0 Å². The van der Waals surface area contributed by atoms with Gasteiger partial charge in [-0.1, -0.05) is 6.42 Å². The number of rotatable bonds is 4. The van der Waals surface area contributed by atoms with Gasteiger partial charge in [-0.2, -0.15) is 0 Å². The van der Waals surface area contributed by atoms with Gasteiger partial charge in [-0.15, -0.1) is 0 Å². The number of nitrogens with zero attached hydrogens (tertiary/aromatic N) is 1. The van der Waals surface area contributed by atoms with E-state index in [1.54, 1.807) is 0 Å². The van der Waals surface area contributed by atoms with E-state index < -0.39 is 5.60 Å². The van der Waals surface area contributed by atoms with Crippen molar-refractivity contribution in [3.8, 4) is 0 Å². The number of aromatic amines is 1. The summed E-state index contributed by atoms with van der Waals surface area (Å²) in [4.78, 5) is 17.6. The van der Waals surface area contributed by atoms with Gasteiger partial charge in [0.1, 0.15) is 5.60 Å². The highest BCUT2D eigenvalue weighted by molar-refractivity contribution is 5.67. The Kier molecular flexibility index (Phi) is 5.51. The van der Waals surface area contributed by atoms with Crippen LogP contribution in [-0.2, 0) is 4.74 Å². The fourth-order valence-corrected chi connectivity index (χ4v) is 3.05. The van der Waals surface area contributed by atoms with Crippen LogP contribution in [0.25, 0.3) is 0 Å². The van der Waals surface area contributed by atoms with Crippen molar-refractivity contribution in [3.63, 3.8) is 0 Å². The molecule has 1 saturated heterocycles.